The van der Waals surface area contributed by atoms with Crippen LogP contribution in [0, 0.1) is 5.41 Å². The first-order valence-electron chi connectivity index (χ1n) is 10.2. The van der Waals surface area contributed by atoms with Gasteiger partial charge in [0.2, 0.25) is 5.91 Å². The van der Waals surface area contributed by atoms with E-state index in [4.69, 9.17) is 16.2 Å². The lowest BCUT2D eigenvalue weighted by Gasteiger charge is -2.24. The van der Waals surface area contributed by atoms with E-state index in [0.29, 0.717) is 16.8 Å². The van der Waals surface area contributed by atoms with Gasteiger partial charge in [0.15, 0.2) is 12.0 Å². The Hall–Kier alpha value is -4.61. The minimum atomic E-state index is -1.36. The highest BCUT2D eigenvalue weighted by Gasteiger charge is 2.25. The van der Waals surface area contributed by atoms with Crippen molar-refractivity contribution in [3.05, 3.63) is 65.7 Å². The molecule has 2 aromatic carbocycles. The third-order valence-corrected chi connectivity index (χ3v) is 4.56. The van der Waals surface area contributed by atoms with E-state index in [1.54, 1.807) is 42.5 Å². The maximum atomic E-state index is 12.6. The molecular formula is C22H26N6O6. The number of carboxylic acids is 2. The van der Waals surface area contributed by atoms with Crippen LogP contribution < -0.4 is 21.7 Å². The summed E-state index contributed by atoms with van der Waals surface area (Å²) < 4.78 is 0. The second-order valence-electron chi connectivity index (χ2n) is 7.21. The van der Waals surface area contributed by atoms with Gasteiger partial charge in [-0.25, -0.2) is 9.59 Å². The molecule has 12 heteroatoms. The van der Waals surface area contributed by atoms with E-state index < -0.39 is 30.6 Å². The van der Waals surface area contributed by atoms with Gasteiger partial charge in [-0.2, -0.15) is 0 Å². The molecule has 3 amide bonds. The van der Waals surface area contributed by atoms with Gasteiger partial charge in [-0.1, -0.05) is 42.5 Å². The number of amides is 3. The molecule has 0 saturated carbocycles. The fourth-order valence-corrected chi connectivity index (χ4v) is 3.00. The van der Waals surface area contributed by atoms with Crippen molar-refractivity contribution < 1.29 is 29.4 Å². The first-order valence-corrected chi connectivity index (χ1v) is 10.2. The Morgan fingerprint density at radius 2 is 1.65 bits per heavy atom. The monoisotopic (exact) mass is 470 g/mol. The molecule has 2 rings (SSSR count). The number of anilines is 1. The first-order chi connectivity index (χ1) is 16.2. The Kier molecular flexibility index (Phi) is 9.38. The third kappa shape index (κ3) is 8.49. The van der Waals surface area contributed by atoms with E-state index >= 15 is 0 Å². The number of guanidine groups is 1. The summed E-state index contributed by atoms with van der Waals surface area (Å²) in [6, 6.07) is 12.4. The second kappa shape index (κ2) is 12.4. The number of urea groups is 1. The largest absolute Gasteiger partial charge is 0.480 e. The Labute approximate surface area is 195 Å². The van der Waals surface area contributed by atoms with Crippen LogP contribution in [0.15, 0.2) is 54.6 Å². The average molecular weight is 470 g/mol. The summed E-state index contributed by atoms with van der Waals surface area (Å²) in [5.74, 6) is -3.14. The molecule has 0 aliphatic carbocycles. The van der Waals surface area contributed by atoms with Gasteiger partial charge in [-0.05, 0) is 23.3 Å². The highest BCUT2D eigenvalue weighted by molar-refractivity contribution is 5.89. The summed E-state index contributed by atoms with van der Waals surface area (Å²) >= 11 is 0. The minimum Gasteiger partial charge on any atom is -0.480 e. The lowest BCUT2D eigenvalue weighted by Crippen LogP contribution is -2.48. The Balaban J connectivity index is 1.92. The molecule has 1 atom stereocenters. The summed E-state index contributed by atoms with van der Waals surface area (Å²) in [5.41, 5.74) is 6.88. The molecule has 0 spiro atoms. The summed E-state index contributed by atoms with van der Waals surface area (Å²) in [4.78, 5) is 48.5. The molecule has 34 heavy (non-hydrogen) atoms. The summed E-state index contributed by atoms with van der Waals surface area (Å²) in [6.07, 6.45) is 0.0422. The van der Waals surface area contributed by atoms with Crippen LogP contribution in [-0.2, 0) is 20.8 Å². The van der Waals surface area contributed by atoms with Crippen LogP contribution >= 0.6 is 0 Å². The molecule has 12 nitrogen and oxygen atoms in total. The third-order valence-electron chi connectivity index (χ3n) is 4.56. The van der Waals surface area contributed by atoms with Crippen LogP contribution in [-0.4, -0.2) is 64.6 Å². The molecule has 0 heterocycles. The van der Waals surface area contributed by atoms with Crippen molar-refractivity contribution in [2.24, 2.45) is 5.73 Å². The van der Waals surface area contributed by atoms with E-state index in [-0.39, 0.29) is 31.4 Å². The molecule has 1 unspecified atom stereocenters. The zero-order chi connectivity index (χ0) is 25.1. The zero-order valence-corrected chi connectivity index (χ0v) is 18.2. The smallest absolute Gasteiger partial charge is 0.330 e. The standard InChI is InChI=1S/C22H26N6O6/c23-21(24)26-16-8-6-14(7-9-16)12-17(29)25-10-11-28(13-18(30)31)22(34)27-19(20(32)33)15-4-2-1-3-5-15/h1-9,19H,10-13H2,(H,25,29)(H,27,34)(H,30,31)(H,32,33)(H4,23,24,26). The molecule has 0 fully saturated rings. The quantitative estimate of drug-likeness (QED) is 0.183. The highest BCUT2D eigenvalue weighted by Crippen LogP contribution is 2.13. The van der Waals surface area contributed by atoms with Gasteiger partial charge in [0.05, 0.1) is 6.42 Å². The number of aliphatic carboxylic acids is 2. The lowest BCUT2D eigenvalue weighted by molar-refractivity contribution is -0.139. The number of nitrogens with one attached hydrogen (secondary N) is 4. The van der Waals surface area contributed by atoms with Crippen molar-refractivity contribution in [2.45, 2.75) is 12.5 Å². The molecule has 2 aromatic rings. The van der Waals surface area contributed by atoms with Gasteiger partial charge in [0.25, 0.3) is 0 Å². The normalized spacial score (nSPS) is 11.1. The predicted octanol–water partition coefficient (Wildman–Crippen LogP) is 0.573. The lowest BCUT2D eigenvalue weighted by atomic mass is 10.1. The van der Waals surface area contributed by atoms with Gasteiger partial charge >= 0.3 is 18.0 Å². The van der Waals surface area contributed by atoms with Gasteiger partial charge < -0.3 is 36.8 Å². The topological polar surface area (TPSA) is 198 Å². The number of nitrogens with two attached hydrogens (primary N) is 1. The first kappa shape index (κ1) is 25.6. The van der Waals surface area contributed by atoms with E-state index in [2.05, 4.69) is 16.0 Å². The number of benzene rings is 2. The zero-order valence-electron chi connectivity index (χ0n) is 18.2. The number of hydrogen-bond donors (Lipinski definition) is 7. The number of carbonyl (C=O) groups is 4. The number of carboxylic acid groups (broad SMARTS) is 2. The van der Waals surface area contributed by atoms with Crippen LogP contribution in [0.4, 0.5) is 10.5 Å². The molecular weight excluding hydrogens is 444 g/mol. The maximum absolute atomic E-state index is 12.6. The van der Waals surface area contributed by atoms with Crippen LogP contribution in [0.3, 0.4) is 0 Å². The summed E-state index contributed by atoms with van der Waals surface area (Å²) in [7, 11) is 0. The van der Waals surface area contributed by atoms with Crippen LogP contribution in [0.1, 0.15) is 17.2 Å². The van der Waals surface area contributed by atoms with Gasteiger partial charge in [0.1, 0.15) is 6.54 Å². The number of hydrogen-bond acceptors (Lipinski definition) is 5. The molecule has 0 bridgehead atoms. The highest BCUT2D eigenvalue weighted by atomic mass is 16.4. The summed E-state index contributed by atoms with van der Waals surface area (Å²) in [5, 5.41) is 33.3. The van der Waals surface area contributed by atoms with Gasteiger partial charge in [0, 0.05) is 18.8 Å². The van der Waals surface area contributed by atoms with Crippen LogP contribution in [0.2, 0.25) is 0 Å². The average Bonchev–Trinajstić information content (AvgIpc) is 2.77. The number of nitrogens with zero attached hydrogens (tertiary/aromatic N) is 1. The van der Waals surface area contributed by atoms with Crippen molar-refractivity contribution >= 4 is 35.5 Å². The van der Waals surface area contributed by atoms with Gasteiger partial charge in [-0.3, -0.25) is 15.0 Å². The second-order valence-corrected chi connectivity index (χ2v) is 7.21. The van der Waals surface area contributed by atoms with Crippen LogP contribution in [0.25, 0.3) is 0 Å². The molecule has 0 radical (unpaired) electrons. The number of carbonyl (C=O) groups excluding carboxylic acids is 2. The fourth-order valence-electron chi connectivity index (χ4n) is 3.00. The van der Waals surface area contributed by atoms with Crippen molar-refractivity contribution in [3.8, 4) is 0 Å². The van der Waals surface area contributed by atoms with Gasteiger partial charge in [-0.15, -0.1) is 0 Å². The molecule has 180 valence electrons. The Morgan fingerprint density at radius 1 is 1.00 bits per heavy atom. The van der Waals surface area contributed by atoms with E-state index in [1.807, 2.05) is 0 Å². The molecule has 0 aliphatic heterocycles. The number of rotatable bonds is 11. The molecule has 0 saturated heterocycles. The summed E-state index contributed by atoms with van der Waals surface area (Å²) in [6.45, 7) is -0.855. The minimum absolute atomic E-state index is 0.0351. The van der Waals surface area contributed by atoms with Crippen molar-refractivity contribution in [1.29, 1.82) is 5.41 Å². The maximum Gasteiger partial charge on any atom is 0.330 e. The van der Waals surface area contributed by atoms with Crippen molar-refractivity contribution in [3.63, 3.8) is 0 Å². The molecule has 8 N–H and O–H groups in total. The van der Waals surface area contributed by atoms with E-state index in [9.17, 15) is 24.3 Å². The Morgan fingerprint density at radius 3 is 2.21 bits per heavy atom. The van der Waals surface area contributed by atoms with Crippen LogP contribution in [0.5, 0.6) is 0 Å². The van der Waals surface area contributed by atoms with E-state index in [0.717, 1.165) is 4.90 Å². The van der Waals surface area contributed by atoms with E-state index in [1.165, 1.54) is 12.1 Å². The fraction of sp³-hybridized carbons (Fsp3) is 0.227. The molecule has 0 aromatic heterocycles. The Bertz CT molecular complexity index is 1030. The molecule has 0 aliphatic rings. The predicted molar refractivity (Wildman–Crippen MR) is 123 cm³/mol. The SMILES string of the molecule is N=C(N)Nc1ccc(CC(=O)NCCN(CC(=O)O)C(=O)NC(C(=O)O)c2ccccc2)cc1. The van der Waals surface area contributed by atoms with Crippen molar-refractivity contribution in [1.82, 2.24) is 15.5 Å². The van der Waals surface area contributed by atoms with Crippen molar-refractivity contribution in [2.75, 3.05) is 25.0 Å².